The molecular formula is C24H14BNOS. The predicted molar refractivity (Wildman–Crippen MR) is 116 cm³/mol. The van der Waals surface area contributed by atoms with Gasteiger partial charge >= 0.3 is 6.92 Å². The number of anilines is 3. The summed E-state index contributed by atoms with van der Waals surface area (Å²) in [5.74, 6) is 0.965. The van der Waals surface area contributed by atoms with E-state index in [0.717, 1.165) is 5.75 Å². The number of rotatable bonds is 0. The van der Waals surface area contributed by atoms with Crippen LogP contribution in [0.5, 0.6) is 5.75 Å². The van der Waals surface area contributed by atoms with E-state index in [-0.39, 0.29) is 6.92 Å². The maximum Gasteiger partial charge on any atom is 0.431 e. The topological polar surface area (TPSA) is 12.5 Å². The minimum absolute atomic E-state index is 0.0711. The Hall–Kier alpha value is -3.11. The monoisotopic (exact) mass is 375 g/mol. The van der Waals surface area contributed by atoms with Gasteiger partial charge in [-0.1, -0.05) is 66.4 Å². The third kappa shape index (κ3) is 1.76. The van der Waals surface area contributed by atoms with Crippen molar-refractivity contribution >= 4 is 46.7 Å². The molecular weight excluding hydrogens is 361 g/mol. The lowest BCUT2D eigenvalue weighted by atomic mass is 9.49. The van der Waals surface area contributed by atoms with Crippen molar-refractivity contribution in [1.29, 1.82) is 0 Å². The molecule has 7 rings (SSSR count). The molecule has 0 aliphatic carbocycles. The van der Waals surface area contributed by atoms with Gasteiger partial charge in [0, 0.05) is 26.5 Å². The summed E-state index contributed by atoms with van der Waals surface area (Å²) < 4.78 is 6.59. The highest BCUT2D eigenvalue weighted by molar-refractivity contribution is 7.99. The summed E-state index contributed by atoms with van der Waals surface area (Å²) in [4.78, 5) is 5.01. The second kappa shape index (κ2) is 5.24. The fourth-order valence-corrected chi connectivity index (χ4v) is 5.84. The molecule has 4 aromatic rings. The highest BCUT2D eigenvalue weighted by atomic mass is 32.2. The molecule has 2 nitrogen and oxygen atoms in total. The Morgan fingerprint density at radius 2 is 1.43 bits per heavy atom. The molecule has 0 spiro atoms. The molecule has 0 radical (unpaired) electrons. The van der Waals surface area contributed by atoms with Crippen molar-refractivity contribution in [2.24, 2.45) is 0 Å². The van der Waals surface area contributed by atoms with E-state index in [1.807, 2.05) is 11.8 Å². The Labute approximate surface area is 167 Å². The Balaban J connectivity index is 1.61. The second-order valence-electron chi connectivity index (χ2n) is 7.33. The average molecular weight is 375 g/mol. The van der Waals surface area contributed by atoms with Crippen LogP contribution in [0, 0.1) is 0 Å². The summed E-state index contributed by atoms with van der Waals surface area (Å²) in [6, 6.07) is 30.3. The number of hydrogen-bond donors (Lipinski definition) is 0. The number of hydrogen-bond acceptors (Lipinski definition) is 3. The van der Waals surface area contributed by atoms with Gasteiger partial charge in [-0.15, -0.1) is 0 Å². The lowest BCUT2D eigenvalue weighted by molar-refractivity contribution is 0.590. The molecule has 130 valence electrons. The zero-order chi connectivity index (χ0) is 18.2. The van der Waals surface area contributed by atoms with Crippen molar-refractivity contribution < 1.29 is 4.65 Å². The van der Waals surface area contributed by atoms with Gasteiger partial charge in [0.15, 0.2) is 0 Å². The van der Waals surface area contributed by atoms with E-state index in [0.29, 0.717) is 0 Å². The Morgan fingerprint density at radius 3 is 2.43 bits per heavy atom. The van der Waals surface area contributed by atoms with E-state index in [1.54, 1.807) is 0 Å². The van der Waals surface area contributed by atoms with Crippen molar-refractivity contribution in [3.05, 3.63) is 84.9 Å². The van der Waals surface area contributed by atoms with Gasteiger partial charge in [0.1, 0.15) is 5.75 Å². The lowest BCUT2D eigenvalue weighted by Crippen LogP contribution is -2.56. The molecule has 0 amide bonds. The molecule has 0 N–H and O–H groups in total. The summed E-state index contributed by atoms with van der Waals surface area (Å²) in [6.45, 7) is -0.0711. The molecule has 0 saturated heterocycles. The van der Waals surface area contributed by atoms with Crippen LogP contribution in [0.4, 0.5) is 17.1 Å². The summed E-state index contributed by atoms with van der Waals surface area (Å²) in [6.07, 6.45) is 0. The molecule has 0 fully saturated rings. The van der Waals surface area contributed by atoms with Crippen LogP contribution < -0.4 is 20.5 Å². The molecule has 3 aliphatic heterocycles. The van der Waals surface area contributed by atoms with Gasteiger partial charge in [-0.25, -0.2) is 0 Å². The highest BCUT2D eigenvalue weighted by Crippen LogP contribution is 2.52. The quantitative estimate of drug-likeness (QED) is 0.350. The van der Waals surface area contributed by atoms with Crippen LogP contribution in [0.2, 0.25) is 0 Å². The van der Waals surface area contributed by atoms with Gasteiger partial charge in [-0.2, -0.15) is 0 Å². The van der Waals surface area contributed by atoms with Gasteiger partial charge in [0.25, 0.3) is 0 Å². The molecule has 0 saturated carbocycles. The SMILES string of the molecule is c1ccc2c(c1)OB1c3cccc4c3N(c3ccccc3S4)c3cccc-2c31. The van der Waals surface area contributed by atoms with E-state index in [2.05, 4.69) is 89.8 Å². The van der Waals surface area contributed by atoms with Crippen LogP contribution in [-0.2, 0) is 0 Å². The van der Waals surface area contributed by atoms with Crippen molar-refractivity contribution in [2.75, 3.05) is 4.90 Å². The normalized spacial score (nSPS) is 14.4. The fourth-order valence-electron chi connectivity index (χ4n) is 4.75. The summed E-state index contributed by atoms with van der Waals surface area (Å²) in [7, 11) is 0. The highest BCUT2D eigenvalue weighted by Gasteiger charge is 2.44. The van der Waals surface area contributed by atoms with E-state index in [4.69, 9.17) is 4.65 Å². The Morgan fingerprint density at radius 1 is 0.679 bits per heavy atom. The zero-order valence-corrected chi connectivity index (χ0v) is 15.7. The van der Waals surface area contributed by atoms with Crippen LogP contribution >= 0.6 is 11.8 Å². The maximum atomic E-state index is 6.59. The number of para-hydroxylation sites is 3. The zero-order valence-electron chi connectivity index (χ0n) is 14.9. The minimum atomic E-state index is -0.0711. The fraction of sp³-hybridized carbons (Fsp3) is 0. The predicted octanol–water partition coefficient (Wildman–Crippen LogP) is 5.10. The number of benzene rings is 4. The van der Waals surface area contributed by atoms with Crippen molar-refractivity contribution in [2.45, 2.75) is 9.79 Å². The molecule has 28 heavy (non-hydrogen) atoms. The standard InChI is InChI=1S/C24H14BNOS/c1-3-12-20-15(7-1)16-8-5-11-19-23(16)25(27-20)17-9-6-14-22-24(17)26(19)18-10-2-4-13-21(18)28-22/h1-14H. The Kier molecular flexibility index (Phi) is 2.79. The maximum absolute atomic E-state index is 6.59. The molecule has 4 aromatic carbocycles. The summed E-state index contributed by atoms with van der Waals surface area (Å²) in [5.41, 5.74) is 8.70. The van der Waals surface area contributed by atoms with Crippen LogP contribution in [-0.4, -0.2) is 6.92 Å². The van der Waals surface area contributed by atoms with Crippen molar-refractivity contribution in [1.82, 2.24) is 0 Å². The molecule has 4 heteroatoms. The molecule has 0 bridgehead atoms. The smallest absolute Gasteiger partial charge is 0.431 e. The number of fused-ring (bicyclic) bond motifs is 6. The first-order valence-corrected chi connectivity index (χ1v) is 10.3. The van der Waals surface area contributed by atoms with Gasteiger partial charge in [0.2, 0.25) is 0 Å². The average Bonchev–Trinajstić information content (AvgIpc) is 2.76. The van der Waals surface area contributed by atoms with E-state index < -0.39 is 0 Å². The summed E-state index contributed by atoms with van der Waals surface area (Å²) in [5, 5.41) is 0. The van der Waals surface area contributed by atoms with Gasteiger partial charge in [-0.05, 0) is 41.4 Å². The first-order valence-electron chi connectivity index (χ1n) is 9.49. The van der Waals surface area contributed by atoms with Crippen molar-refractivity contribution in [3.8, 4) is 16.9 Å². The first kappa shape index (κ1) is 14.9. The molecule has 0 unspecified atom stereocenters. The molecule has 0 atom stereocenters. The van der Waals surface area contributed by atoms with Crippen LogP contribution in [0.1, 0.15) is 0 Å². The third-order valence-corrected chi connectivity index (χ3v) is 6.99. The van der Waals surface area contributed by atoms with Crippen molar-refractivity contribution in [3.63, 3.8) is 0 Å². The largest absolute Gasteiger partial charge is 0.551 e. The second-order valence-corrected chi connectivity index (χ2v) is 8.42. The third-order valence-electron chi connectivity index (χ3n) is 5.87. The van der Waals surface area contributed by atoms with Gasteiger partial charge in [0.05, 0.1) is 11.4 Å². The van der Waals surface area contributed by atoms with E-state index >= 15 is 0 Å². The molecule has 3 heterocycles. The van der Waals surface area contributed by atoms with Crippen LogP contribution in [0.3, 0.4) is 0 Å². The van der Waals surface area contributed by atoms with E-state index in [9.17, 15) is 0 Å². The van der Waals surface area contributed by atoms with Gasteiger partial charge in [-0.3, -0.25) is 0 Å². The Bertz CT molecular complexity index is 1300. The van der Waals surface area contributed by atoms with Gasteiger partial charge < -0.3 is 9.55 Å². The van der Waals surface area contributed by atoms with Crippen LogP contribution in [0.25, 0.3) is 11.1 Å². The number of nitrogens with zero attached hydrogens (tertiary/aromatic N) is 1. The molecule has 0 aromatic heterocycles. The summed E-state index contributed by atoms with van der Waals surface area (Å²) >= 11 is 1.85. The molecule has 3 aliphatic rings. The lowest BCUT2D eigenvalue weighted by Gasteiger charge is -2.42. The van der Waals surface area contributed by atoms with E-state index in [1.165, 1.54) is 48.9 Å². The minimum Gasteiger partial charge on any atom is -0.551 e. The first-order chi connectivity index (χ1) is 13.9. The van der Waals surface area contributed by atoms with Crippen LogP contribution in [0.15, 0.2) is 94.7 Å².